The predicted molar refractivity (Wildman–Crippen MR) is 52.2 cm³/mol. The Labute approximate surface area is 79.4 Å². The fourth-order valence-corrected chi connectivity index (χ4v) is 1.79. The minimum absolute atomic E-state index is 0.131. The monoisotopic (exact) mass is 185 g/mol. The lowest BCUT2D eigenvalue weighted by Crippen LogP contribution is -2.44. The molecule has 1 fully saturated rings. The molecule has 4 nitrogen and oxygen atoms in total. The maximum Gasteiger partial charge on any atom is 0.329 e. The van der Waals surface area contributed by atoms with Gasteiger partial charge in [-0.25, -0.2) is 10.2 Å². The van der Waals surface area contributed by atoms with E-state index in [0.29, 0.717) is 5.92 Å². The van der Waals surface area contributed by atoms with E-state index in [0.717, 1.165) is 6.54 Å². The number of rotatable bonds is 3. The van der Waals surface area contributed by atoms with E-state index in [-0.39, 0.29) is 6.03 Å². The molecule has 3 N–H and O–H groups in total. The summed E-state index contributed by atoms with van der Waals surface area (Å²) in [6.45, 7) is 0.813. The van der Waals surface area contributed by atoms with E-state index in [1.54, 1.807) is 7.05 Å². The second kappa shape index (κ2) is 5.80. The average molecular weight is 185 g/mol. The number of nitrogens with one attached hydrogen (secondary N) is 3. The van der Waals surface area contributed by atoms with Crippen molar-refractivity contribution < 1.29 is 4.79 Å². The minimum Gasteiger partial charge on any atom is -0.337 e. The van der Waals surface area contributed by atoms with E-state index in [4.69, 9.17) is 0 Å². The molecule has 1 aliphatic rings. The Morgan fingerprint density at radius 1 is 1.31 bits per heavy atom. The van der Waals surface area contributed by atoms with Crippen LogP contribution < -0.4 is 16.2 Å². The van der Waals surface area contributed by atoms with E-state index in [9.17, 15) is 4.79 Å². The van der Waals surface area contributed by atoms with Crippen LogP contribution in [0.25, 0.3) is 0 Å². The highest BCUT2D eigenvalue weighted by Crippen LogP contribution is 2.22. The molecule has 0 aromatic rings. The summed E-state index contributed by atoms with van der Waals surface area (Å²) in [5.41, 5.74) is 5.08. The molecule has 0 unspecified atom stereocenters. The lowest BCUT2D eigenvalue weighted by Gasteiger charge is -2.21. The van der Waals surface area contributed by atoms with Gasteiger partial charge >= 0.3 is 6.03 Å². The van der Waals surface area contributed by atoms with Crippen molar-refractivity contribution >= 4 is 6.03 Å². The van der Waals surface area contributed by atoms with Crippen LogP contribution in [0, 0.1) is 5.92 Å². The summed E-state index contributed by atoms with van der Waals surface area (Å²) in [6, 6.07) is -0.131. The molecular formula is C9H19N3O. The molecule has 2 amide bonds. The summed E-state index contributed by atoms with van der Waals surface area (Å²) in [6.07, 6.45) is 6.53. The van der Waals surface area contributed by atoms with Gasteiger partial charge in [0.2, 0.25) is 0 Å². The lowest BCUT2D eigenvalue weighted by atomic mass is 9.89. The standard InChI is InChI=1S/C9H19N3O/c1-10-12-9(13)11-7-8-5-3-2-4-6-8/h8,10H,2-7H2,1H3,(H2,11,12,13). The summed E-state index contributed by atoms with van der Waals surface area (Å²) < 4.78 is 0. The third kappa shape index (κ3) is 4.12. The van der Waals surface area contributed by atoms with Crippen LogP contribution in [0.15, 0.2) is 0 Å². The van der Waals surface area contributed by atoms with Gasteiger partial charge in [-0.2, -0.15) is 0 Å². The molecule has 0 saturated heterocycles. The first-order valence-electron chi connectivity index (χ1n) is 5.03. The second-order valence-corrected chi connectivity index (χ2v) is 3.59. The topological polar surface area (TPSA) is 53.2 Å². The predicted octanol–water partition coefficient (Wildman–Crippen LogP) is 1.00. The van der Waals surface area contributed by atoms with Crippen LogP contribution in [0.4, 0.5) is 4.79 Å². The van der Waals surface area contributed by atoms with Crippen LogP contribution in [-0.2, 0) is 0 Å². The number of hydrogen-bond donors (Lipinski definition) is 3. The van der Waals surface area contributed by atoms with Crippen LogP contribution in [-0.4, -0.2) is 19.6 Å². The first-order chi connectivity index (χ1) is 6.33. The quantitative estimate of drug-likeness (QED) is 0.574. The Kier molecular flexibility index (Phi) is 4.60. The van der Waals surface area contributed by atoms with Crippen molar-refractivity contribution in [3.8, 4) is 0 Å². The van der Waals surface area contributed by atoms with E-state index in [1.807, 2.05) is 0 Å². The molecule has 4 heteroatoms. The Morgan fingerprint density at radius 3 is 2.62 bits per heavy atom. The van der Waals surface area contributed by atoms with Gasteiger partial charge in [0.15, 0.2) is 0 Å². The van der Waals surface area contributed by atoms with Gasteiger partial charge in [0.25, 0.3) is 0 Å². The van der Waals surface area contributed by atoms with Gasteiger partial charge in [-0.3, -0.25) is 5.43 Å². The molecule has 0 aromatic carbocycles. The third-order valence-corrected chi connectivity index (χ3v) is 2.51. The summed E-state index contributed by atoms with van der Waals surface area (Å²) in [7, 11) is 1.68. The van der Waals surface area contributed by atoms with Crippen molar-refractivity contribution in [2.45, 2.75) is 32.1 Å². The smallest absolute Gasteiger partial charge is 0.329 e. The molecule has 0 spiro atoms. The van der Waals surface area contributed by atoms with Crippen LogP contribution >= 0.6 is 0 Å². The van der Waals surface area contributed by atoms with E-state index in [2.05, 4.69) is 16.2 Å². The maximum absolute atomic E-state index is 11.0. The van der Waals surface area contributed by atoms with Crippen molar-refractivity contribution in [3.05, 3.63) is 0 Å². The van der Waals surface area contributed by atoms with Crippen LogP contribution in [0.1, 0.15) is 32.1 Å². The molecule has 0 atom stereocenters. The van der Waals surface area contributed by atoms with Gasteiger partial charge < -0.3 is 5.32 Å². The van der Waals surface area contributed by atoms with Gasteiger partial charge in [-0.15, -0.1) is 0 Å². The normalized spacial score (nSPS) is 18.2. The third-order valence-electron chi connectivity index (χ3n) is 2.51. The Hall–Kier alpha value is -0.770. The van der Waals surface area contributed by atoms with Crippen molar-refractivity contribution in [3.63, 3.8) is 0 Å². The number of hydrogen-bond acceptors (Lipinski definition) is 2. The van der Waals surface area contributed by atoms with Gasteiger partial charge in [0, 0.05) is 13.6 Å². The van der Waals surface area contributed by atoms with Crippen molar-refractivity contribution in [1.29, 1.82) is 0 Å². The minimum atomic E-state index is -0.131. The second-order valence-electron chi connectivity index (χ2n) is 3.59. The van der Waals surface area contributed by atoms with E-state index >= 15 is 0 Å². The van der Waals surface area contributed by atoms with Gasteiger partial charge in [-0.1, -0.05) is 19.3 Å². The highest BCUT2D eigenvalue weighted by molar-refractivity contribution is 5.73. The number of hydrazine groups is 1. The van der Waals surface area contributed by atoms with Crippen LogP contribution in [0.3, 0.4) is 0 Å². The lowest BCUT2D eigenvalue weighted by molar-refractivity contribution is 0.233. The largest absolute Gasteiger partial charge is 0.337 e. The fraction of sp³-hybridized carbons (Fsp3) is 0.889. The zero-order valence-electron chi connectivity index (χ0n) is 8.23. The van der Waals surface area contributed by atoms with Crippen molar-refractivity contribution in [2.75, 3.05) is 13.6 Å². The Balaban J connectivity index is 2.06. The van der Waals surface area contributed by atoms with E-state index in [1.165, 1.54) is 32.1 Å². The summed E-state index contributed by atoms with van der Waals surface area (Å²) in [5.74, 6) is 0.691. The molecule has 1 rings (SSSR count). The molecule has 0 bridgehead atoms. The molecule has 0 aromatic heterocycles. The zero-order chi connectivity index (χ0) is 9.52. The summed E-state index contributed by atoms with van der Waals surface area (Å²) in [5, 5.41) is 2.84. The molecule has 76 valence electrons. The first kappa shape index (κ1) is 10.3. The SMILES string of the molecule is CNNC(=O)NCC1CCCCC1. The maximum atomic E-state index is 11.0. The highest BCUT2D eigenvalue weighted by atomic mass is 16.2. The summed E-state index contributed by atoms with van der Waals surface area (Å²) >= 11 is 0. The summed E-state index contributed by atoms with van der Waals surface area (Å²) in [4.78, 5) is 11.0. The number of urea groups is 1. The number of carbonyl (C=O) groups excluding carboxylic acids is 1. The first-order valence-corrected chi connectivity index (χ1v) is 5.03. The Morgan fingerprint density at radius 2 is 2.00 bits per heavy atom. The van der Waals surface area contributed by atoms with Crippen molar-refractivity contribution in [2.24, 2.45) is 5.92 Å². The molecular weight excluding hydrogens is 166 g/mol. The molecule has 0 radical (unpaired) electrons. The van der Waals surface area contributed by atoms with Gasteiger partial charge in [-0.05, 0) is 18.8 Å². The average Bonchev–Trinajstić information content (AvgIpc) is 2.17. The van der Waals surface area contributed by atoms with E-state index < -0.39 is 0 Å². The Bertz CT molecular complexity index is 155. The van der Waals surface area contributed by atoms with Gasteiger partial charge in [0.05, 0.1) is 0 Å². The molecule has 1 saturated carbocycles. The molecule has 1 aliphatic carbocycles. The molecule has 0 heterocycles. The van der Waals surface area contributed by atoms with Crippen LogP contribution in [0.2, 0.25) is 0 Å². The fourth-order valence-electron chi connectivity index (χ4n) is 1.79. The van der Waals surface area contributed by atoms with Crippen molar-refractivity contribution in [1.82, 2.24) is 16.2 Å². The zero-order valence-corrected chi connectivity index (χ0v) is 8.23. The van der Waals surface area contributed by atoms with Crippen LogP contribution in [0.5, 0.6) is 0 Å². The highest BCUT2D eigenvalue weighted by Gasteiger charge is 2.13. The van der Waals surface area contributed by atoms with Gasteiger partial charge in [0.1, 0.15) is 0 Å². The molecule has 13 heavy (non-hydrogen) atoms. The number of amides is 2. The molecule has 0 aliphatic heterocycles. The number of carbonyl (C=O) groups is 1.